The van der Waals surface area contributed by atoms with Gasteiger partial charge in [0.1, 0.15) is 0 Å². The van der Waals surface area contributed by atoms with Crippen LogP contribution in [0.4, 0.5) is 0 Å². The highest BCUT2D eigenvalue weighted by molar-refractivity contribution is 14.1. The molecular formula is C20H14INO5S. The van der Waals surface area contributed by atoms with Gasteiger partial charge >= 0.3 is 0 Å². The molecule has 3 aromatic rings. The molecule has 0 aliphatic carbocycles. The first kappa shape index (κ1) is 19.0. The van der Waals surface area contributed by atoms with Crippen LogP contribution >= 0.6 is 22.6 Å². The Morgan fingerprint density at radius 3 is 2.00 bits per heavy atom. The van der Waals surface area contributed by atoms with E-state index in [0.29, 0.717) is 16.5 Å². The first-order chi connectivity index (χ1) is 13.4. The Balaban J connectivity index is 1.54. The maximum atomic E-state index is 12.8. The zero-order valence-corrected chi connectivity index (χ0v) is 17.4. The Morgan fingerprint density at radius 2 is 1.43 bits per heavy atom. The van der Waals surface area contributed by atoms with Gasteiger partial charge in [0, 0.05) is 20.1 Å². The number of rotatable bonds is 5. The SMILES string of the molecule is O=C1c2cccc3cccc(c23)C(=O)N1CCOS(=O)(=O)c1ccc(I)cc1. The van der Waals surface area contributed by atoms with E-state index in [1.807, 2.05) is 12.1 Å². The normalized spacial score (nSPS) is 14.0. The smallest absolute Gasteiger partial charge is 0.272 e. The lowest BCUT2D eigenvalue weighted by atomic mass is 9.94. The Hall–Kier alpha value is -2.30. The minimum absolute atomic E-state index is 0.0272. The van der Waals surface area contributed by atoms with Crippen molar-refractivity contribution in [3.8, 4) is 0 Å². The Kier molecular flexibility index (Phi) is 4.94. The van der Waals surface area contributed by atoms with E-state index in [1.54, 1.807) is 36.4 Å². The van der Waals surface area contributed by atoms with Crippen molar-refractivity contribution in [3.05, 3.63) is 75.4 Å². The second-order valence-electron chi connectivity index (χ2n) is 6.20. The number of imide groups is 1. The summed E-state index contributed by atoms with van der Waals surface area (Å²) in [5.74, 6) is -0.908. The molecule has 1 heterocycles. The van der Waals surface area contributed by atoms with Crippen LogP contribution in [0.5, 0.6) is 0 Å². The first-order valence-electron chi connectivity index (χ1n) is 8.41. The van der Waals surface area contributed by atoms with E-state index >= 15 is 0 Å². The number of halogens is 1. The first-order valence-corrected chi connectivity index (χ1v) is 10.9. The van der Waals surface area contributed by atoms with Crippen LogP contribution < -0.4 is 0 Å². The molecule has 1 aliphatic rings. The lowest BCUT2D eigenvalue weighted by Gasteiger charge is -2.26. The second-order valence-corrected chi connectivity index (χ2v) is 9.06. The van der Waals surface area contributed by atoms with Crippen molar-refractivity contribution in [2.45, 2.75) is 4.90 Å². The summed E-state index contributed by atoms with van der Waals surface area (Å²) in [6.45, 7) is -0.476. The van der Waals surface area contributed by atoms with Crippen molar-refractivity contribution in [2.24, 2.45) is 0 Å². The molecule has 28 heavy (non-hydrogen) atoms. The van der Waals surface area contributed by atoms with Gasteiger partial charge in [-0.05, 0) is 64.4 Å². The van der Waals surface area contributed by atoms with Gasteiger partial charge in [-0.1, -0.05) is 24.3 Å². The van der Waals surface area contributed by atoms with Gasteiger partial charge in [0.05, 0.1) is 18.0 Å². The number of carbonyl (C=O) groups excluding carboxylic acids is 2. The van der Waals surface area contributed by atoms with Crippen LogP contribution in [0.3, 0.4) is 0 Å². The fraction of sp³-hybridized carbons (Fsp3) is 0.100. The van der Waals surface area contributed by atoms with E-state index in [9.17, 15) is 18.0 Å². The molecule has 0 radical (unpaired) electrons. The third kappa shape index (κ3) is 3.31. The van der Waals surface area contributed by atoms with Crippen molar-refractivity contribution in [2.75, 3.05) is 13.2 Å². The highest BCUT2D eigenvalue weighted by atomic mass is 127. The Morgan fingerprint density at radius 1 is 0.857 bits per heavy atom. The van der Waals surface area contributed by atoms with Crippen LogP contribution in [-0.4, -0.2) is 38.3 Å². The summed E-state index contributed by atoms with van der Waals surface area (Å²) in [5.41, 5.74) is 0.849. The van der Waals surface area contributed by atoms with E-state index in [2.05, 4.69) is 22.6 Å². The van der Waals surface area contributed by atoms with E-state index in [4.69, 9.17) is 4.18 Å². The van der Waals surface area contributed by atoms with Crippen molar-refractivity contribution < 1.29 is 22.2 Å². The molecule has 0 N–H and O–H groups in total. The maximum Gasteiger partial charge on any atom is 0.297 e. The predicted molar refractivity (Wildman–Crippen MR) is 112 cm³/mol. The number of benzene rings is 3. The predicted octanol–water partition coefficient (Wildman–Crippen LogP) is 3.45. The summed E-state index contributed by atoms with van der Waals surface area (Å²) in [6.07, 6.45) is 0. The number of hydrogen-bond acceptors (Lipinski definition) is 5. The van der Waals surface area contributed by atoms with Gasteiger partial charge in [0.2, 0.25) is 0 Å². The molecule has 6 nitrogen and oxygen atoms in total. The van der Waals surface area contributed by atoms with Gasteiger partial charge in [0.25, 0.3) is 21.9 Å². The minimum Gasteiger partial charge on any atom is -0.272 e. The van der Waals surface area contributed by atoms with E-state index in [1.165, 1.54) is 12.1 Å². The lowest BCUT2D eigenvalue weighted by molar-refractivity contribution is 0.0588. The van der Waals surface area contributed by atoms with Gasteiger partial charge in [-0.2, -0.15) is 8.42 Å². The van der Waals surface area contributed by atoms with E-state index in [-0.39, 0.29) is 18.0 Å². The Bertz CT molecular complexity index is 1150. The summed E-state index contributed by atoms with van der Waals surface area (Å²) in [4.78, 5) is 26.6. The molecule has 8 heteroatoms. The second kappa shape index (κ2) is 7.26. The molecule has 0 bridgehead atoms. The zero-order valence-electron chi connectivity index (χ0n) is 14.5. The summed E-state index contributed by atoms with van der Waals surface area (Å²) >= 11 is 2.07. The quantitative estimate of drug-likeness (QED) is 0.300. The summed E-state index contributed by atoms with van der Waals surface area (Å²) in [7, 11) is -3.97. The largest absolute Gasteiger partial charge is 0.297 e. The van der Waals surface area contributed by atoms with Crippen molar-refractivity contribution >= 4 is 55.3 Å². The highest BCUT2D eigenvalue weighted by Gasteiger charge is 2.32. The van der Waals surface area contributed by atoms with Gasteiger partial charge in [-0.25, -0.2) is 0 Å². The fourth-order valence-electron chi connectivity index (χ4n) is 3.19. The molecule has 0 saturated heterocycles. The van der Waals surface area contributed by atoms with Crippen molar-refractivity contribution in [1.82, 2.24) is 4.90 Å². The molecule has 0 spiro atoms. The van der Waals surface area contributed by atoms with Crippen LogP contribution in [0.25, 0.3) is 10.8 Å². The average Bonchev–Trinajstić information content (AvgIpc) is 2.69. The van der Waals surface area contributed by atoms with Crippen LogP contribution in [0.2, 0.25) is 0 Å². The van der Waals surface area contributed by atoms with Crippen LogP contribution in [0, 0.1) is 3.57 Å². The molecule has 2 amide bonds. The van der Waals surface area contributed by atoms with Crippen LogP contribution in [-0.2, 0) is 14.3 Å². The number of carbonyl (C=O) groups is 2. The standard InChI is InChI=1S/C20H14INO5S/c21-14-7-9-15(10-8-14)28(25,26)27-12-11-22-19(23)16-5-1-3-13-4-2-6-17(18(13)16)20(22)24/h1-10H,11-12H2. The molecule has 0 unspecified atom stereocenters. The third-order valence-electron chi connectivity index (χ3n) is 4.51. The van der Waals surface area contributed by atoms with Crippen molar-refractivity contribution in [3.63, 3.8) is 0 Å². The average molecular weight is 507 g/mol. The van der Waals surface area contributed by atoms with E-state index < -0.39 is 21.9 Å². The summed E-state index contributed by atoms with van der Waals surface area (Å²) in [5, 5.41) is 1.44. The molecule has 0 fully saturated rings. The molecule has 3 aromatic carbocycles. The fourth-order valence-corrected chi connectivity index (χ4v) is 4.45. The molecule has 142 valence electrons. The molecule has 0 aromatic heterocycles. The van der Waals surface area contributed by atoms with E-state index in [0.717, 1.165) is 13.9 Å². The van der Waals surface area contributed by atoms with Crippen LogP contribution in [0.15, 0.2) is 65.6 Å². The topological polar surface area (TPSA) is 80.8 Å². The maximum absolute atomic E-state index is 12.8. The molecule has 1 aliphatic heterocycles. The number of amides is 2. The molecule has 0 atom stereocenters. The van der Waals surface area contributed by atoms with Crippen LogP contribution in [0.1, 0.15) is 20.7 Å². The minimum atomic E-state index is -3.97. The monoisotopic (exact) mass is 507 g/mol. The van der Waals surface area contributed by atoms with Gasteiger partial charge in [-0.3, -0.25) is 18.7 Å². The van der Waals surface area contributed by atoms with Gasteiger partial charge in [-0.15, -0.1) is 0 Å². The van der Waals surface area contributed by atoms with Gasteiger partial charge < -0.3 is 0 Å². The molecule has 4 rings (SSSR count). The summed E-state index contributed by atoms with van der Waals surface area (Å²) < 4.78 is 30.5. The van der Waals surface area contributed by atoms with Gasteiger partial charge in [0.15, 0.2) is 0 Å². The number of nitrogens with zero attached hydrogens (tertiary/aromatic N) is 1. The zero-order chi connectivity index (χ0) is 19.9. The Labute approximate surface area is 175 Å². The third-order valence-corrected chi connectivity index (χ3v) is 6.56. The highest BCUT2D eigenvalue weighted by Crippen LogP contribution is 2.29. The summed E-state index contributed by atoms with van der Waals surface area (Å²) in [6, 6.07) is 16.7. The molecule has 0 saturated carbocycles. The molecular weight excluding hydrogens is 493 g/mol. The van der Waals surface area contributed by atoms with Crippen molar-refractivity contribution in [1.29, 1.82) is 0 Å². The number of hydrogen-bond donors (Lipinski definition) is 0. The lowest BCUT2D eigenvalue weighted by Crippen LogP contribution is -2.42.